The summed E-state index contributed by atoms with van der Waals surface area (Å²) in [5.74, 6) is 0.0800. The maximum Gasteiger partial charge on any atom is 0.162 e. The molecule has 1 rings (SSSR count). The molecule has 4 heteroatoms. The first-order valence-electron chi connectivity index (χ1n) is 4.86. The maximum atomic E-state index is 11.0. The van der Waals surface area contributed by atoms with E-state index in [9.17, 15) is 4.79 Å². The number of carbonyl (C=O) groups excluding carboxylic acids is 1. The molecule has 0 spiro atoms. The molecule has 0 aliphatic rings. The molecule has 0 aromatic heterocycles. The number of carbonyl (C=O) groups is 1. The fourth-order valence-corrected chi connectivity index (χ4v) is 1.14. The lowest BCUT2D eigenvalue weighted by molar-refractivity contribution is -0.113. The number of hydrogen-bond donors (Lipinski definition) is 3. The molecule has 0 radical (unpaired) electrons. The zero-order valence-electron chi connectivity index (χ0n) is 9.03. The number of aromatic hydroxyl groups is 1. The van der Waals surface area contributed by atoms with Gasteiger partial charge in [-0.1, -0.05) is 12.1 Å². The Morgan fingerprint density at radius 3 is 2.56 bits per heavy atom. The molecule has 0 unspecified atom stereocenters. The standard InChI is InChI=1S/C12H14N2O2/c1-9(15)11(6-13)8-14-7-10-2-4-12(16)5-3-10/h2-6,8,13-14,16H,7H2,1H3/b11-8+,13-6?. The second kappa shape index (κ2) is 5.70. The van der Waals surface area contributed by atoms with Gasteiger partial charge in [-0.25, -0.2) is 0 Å². The maximum absolute atomic E-state index is 11.0. The molecule has 0 atom stereocenters. The van der Waals surface area contributed by atoms with Crippen LogP contribution in [0, 0.1) is 5.41 Å². The quantitative estimate of drug-likeness (QED) is 0.519. The van der Waals surface area contributed by atoms with Gasteiger partial charge >= 0.3 is 0 Å². The predicted molar refractivity (Wildman–Crippen MR) is 62.5 cm³/mol. The van der Waals surface area contributed by atoms with Crippen molar-refractivity contribution in [2.75, 3.05) is 0 Å². The van der Waals surface area contributed by atoms with Crippen molar-refractivity contribution in [1.29, 1.82) is 5.41 Å². The number of allylic oxidation sites excluding steroid dienone is 1. The Hall–Kier alpha value is -2.10. The van der Waals surface area contributed by atoms with Crippen molar-refractivity contribution in [2.45, 2.75) is 13.5 Å². The van der Waals surface area contributed by atoms with E-state index >= 15 is 0 Å². The molecule has 0 heterocycles. The van der Waals surface area contributed by atoms with Crippen LogP contribution in [0.2, 0.25) is 0 Å². The number of nitrogens with one attached hydrogen (secondary N) is 2. The first kappa shape index (κ1) is 12.0. The summed E-state index contributed by atoms with van der Waals surface area (Å²) >= 11 is 0. The molecule has 0 aliphatic heterocycles. The van der Waals surface area contributed by atoms with Crippen LogP contribution in [-0.2, 0) is 11.3 Å². The average molecular weight is 218 g/mol. The minimum atomic E-state index is -0.145. The zero-order valence-corrected chi connectivity index (χ0v) is 9.03. The zero-order chi connectivity index (χ0) is 12.0. The minimum Gasteiger partial charge on any atom is -0.508 e. The third-order valence-corrected chi connectivity index (χ3v) is 2.06. The summed E-state index contributed by atoms with van der Waals surface area (Å²) in [6.07, 6.45) is 2.54. The molecule has 16 heavy (non-hydrogen) atoms. The Labute approximate surface area is 94.1 Å². The Bertz CT molecular complexity index is 408. The van der Waals surface area contributed by atoms with E-state index < -0.39 is 0 Å². The SMILES string of the molecule is CC(=O)/C(C=N)=C/NCc1ccc(O)cc1. The number of rotatable bonds is 5. The first-order chi connectivity index (χ1) is 7.63. The van der Waals surface area contributed by atoms with Gasteiger partial charge in [0.2, 0.25) is 0 Å². The summed E-state index contributed by atoms with van der Waals surface area (Å²) in [5.41, 5.74) is 1.32. The van der Waals surface area contributed by atoms with Crippen LogP contribution in [0.15, 0.2) is 36.0 Å². The van der Waals surface area contributed by atoms with Crippen molar-refractivity contribution in [3.8, 4) is 5.75 Å². The molecule has 1 aromatic carbocycles. The minimum absolute atomic E-state index is 0.145. The van der Waals surface area contributed by atoms with Gasteiger partial charge < -0.3 is 15.8 Å². The van der Waals surface area contributed by atoms with Crippen molar-refractivity contribution in [1.82, 2.24) is 5.32 Å². The van der Waals surface area contributed by atoms with Crippen molar-refractivity contribution in [3.63, 3.8) is 0 Å². The van der Waals surface area contributed by atoms with Crippen LogP contribution in [0.4, 0.5) is 0 Å². The molecule has 0 amide bonds. The highest BCUT2D eigenvalue weighted by molar-refractivity contribution is 6.11. The van der Waals surface area contributed by atoms with Crippen LogP contribution in [0.5, 0.6) is 5.75 Å². The third-order valence-electron chi connectivity index (χ3n) is 2.06. The molecular weight excluding hydrogens is 204 g/mol. The topological polar surface area (TPSA) is 73.2 Å². The molecule has 0 fully saturated rings. The van der Waals surface area contributed by atoms with E-state index in [0.717, 1.165) is 11.8 Å². The van der Waals surface area contributed by atoms with Crippen LogP contribution in [0.1, 0.15) is 12.5 Å². The second-order valence-corrected chi connectivity index (χ2v) is 3.35. The van der Waals surface area contributed by atoms with Crippen molar-refractivity contribution >= 4 is 12.0 Å². The lowest BCUT2D eigenvalue weighted by atomic mass is 10.2. The van der Waals surface area contributed by atoms with E-state index in [1.54, 1.807) is 24.3 Å². The lowest BCUT2D eigenvalue weighted by Crippen LogP contribution is -2.09. The van der Waals surface area contributed by atoms with E-state index in [1.165, 1.54) is 13.1 Å². The van der Waals surface area contributed by atoms with Crippen LogP contribution in [0.25, 0.3) is 0 Å². The number of Topliss-reactive ketones (excluding diaryl/α,β-unsaturated/α-hetero) is 1. The molecular formula is C12H14N2O2. The van der Waals surface area contributed by atoms with Gasteiger partial charge in [-0.15, -0.1) is 0 Å². The summed E-state index contributed by atoms with van der Waals surface area (Å²) in [7, 11) is 0. The summed E-state index contributed by atoms with van der Waals surface area (Å²) in [6.45, 7) is 1.96. The fraction of sp³-hybridized carbons (Fsp3) is 0.167. The monoisotopic (exact) mass is 218 g/mol. The Morgan fingerprint density at radius 1 is 1.44 bits per heavy atom. The summed E-state index contributed by atoms with van der Waals surface area (Å²) in [5, 5.41) is 19.0. The van der Waals surface area contributed by atoms with Gasteiger partial charge in [0.25, 0.3) is 0 Å². The number of benzene rings is 1. The molecule has 0 saturated carbocycles. The normalized spacial score (nSPS) is 10.9. The number of ketones is 1. The van der Waals surface area contributed by atoms with Crippen molar-refractivity contribution in [3.05, 3.63) is 41.6 Å². The van der Waals surface area contributed by atoms with E-state index in [1.807, 2.05) is 0 Å². The summed E-state index contributed by atoms with van der Waals surface area (Å²) in [4.78, 5) is 11.0. The number of phenols is 1. The van der Waals surface area contributed by atoms with E-state index in [2.05, 4.69) is 5.32 Å². The second-order valence-electron chi connectivity index (χ2n) is 3.35. The molecule has 0 saturated heterocycles. The van der Waals surface area contributed by atoms with Gasteiger partial charge in [-0.2, -0.15) is 0 Å². The Balaban J connectivity index is 2.55. The van der Waals surface area contributed by atoms with Gasteiger partial charge in [0, 0.05) is 19.0 Å². The molecule has 3 N–H and O–H groups in total. The lowest BCUT2D eigenvalue weighted by Gasteiger charge is -2.02. The van der Waals surface area contributed by atoms with Gasteiger partial charge in [-0.3, -0.25) is 4.79 Å². The first-order valence-corrected chi connectivity index (χ1v) is 4.86. The highest BCUT2D eigenvalue weighted by atomic mass is 16.3. The number of phenolic OH excluding ortho intramolecular Hbond substituents is 1. The van der Waals surface area contributed by atoms with Crippen molar-refractivity contribution < 1.29 is 9.90 Å². The smallest absolute Gasteiger partial charge is 0.162 e. The highest BCUT2D eigenvalue weighted by Crippen LogP contribution is 2.09. The number of hydrogen-bond acceptors (Lipinski definition) is 4. The predicted octanol–water partition coefficient (Wildman–Crippen LogP) is 1.60. The average Bonchev–Trinajstić information content (AvgIpc) is 2.26. The van der Waals surface area contributed by atoms with Gasteiger partial charge in [0.1, 0.15) is 5.75 Å². The van der Waals surface area contributed by atoms with E-state index in [-0.39, 0.29) is 11.5 Å². The van der Waals surface area contributed by atoms with Gasteiger partial charge in [0.15, 0.2) is 5.78 Å². The summed E-state index contributed by atoms with van der Waals surface area (Å²) < 4.78 is 0. The molecule has 4 nitrogen and oxygen atoms in total. The van der Waals surface area contributed by atoms with Crippen molar-refractivity contribution in [2.24, 2.45) is 0 Å². The van der Waals surface area contributed by atoms with Crippen LogP contribution in [-0.4, -0.2) is 17.1 Å². The largest absolute Gasteiger partial charge is 0.508 e. The van der Waals surface area contributed by atoms with Crippen LogP contribution < -0.4 is 5.32 Å². The molecule has 0 aliphatic carbocycles. The van der Waals surface area contributed by atoms with Crippen LogP contribution >= 0.6 is 0 Å². The molecule has 0 bridgehead atoms. The Kier molecular flexibility index (Phi) is 4.27. The van der Waals surface area contributed by atoms with Crippen LogP contribution in [0.3, 0.4) is 0 Å². The molecule has 1 aromatic rings. The Morgan fingerprint density at radius 2 is 2.06 bits per heavy atom. The van der Waals surface area contributed by atoms with E-state index in [4.69, 9.17) is 10.5 Å². The highest BCUT2D eigenvalue weighted by Gasteiger charge is 1.98. The van der Waals surface area contributed by atoms with Gasteiger partial charge in [-0.05, 0) is 24.6 Å². The summed E-state index contributed by atoms with van der Waals surface area (Å²) in [6, 6.07) is 6.77. The third kappa shape index (κ3) is 3.57. The molecule has 84 valence electrons. The van der Waals surface area contributed by atoms with E-state index in [0.29, 0.717) is 12.1 Å². The fourth-order valence-electron chi connectivity index (χ4n) is 1.14. The van der Waals surface area contributed by atoms with Gasteiger partial charge in [0.05, 0.1) is 5.57 Å².